The van der Waals surface area contributed by atoms with Gasteiger partial charge in [-0.1, -0.05) is 0 Å². The van der Waals surface area contributed by atoms with Crippen LogP contribution in [0.2, 0.25) is 0 Å². The van der Waals surface area contributed by atoms with E-state index in [4.69, 9.17) is 10.2 Å². The van der Waals surface area contributed by atoms with Crippen LogP contribution in [0.15, 0.2) is 46.6 Å². The number of phenols is 4. The first-order valence-corrected chi connectivity index (χ1v) is 7.07. The molecule has 2 aromatic carbocycles. The van der Waals surface area contributed by atoms with Gasteiger partial charge in [-0.05, 0) is 24.3 Å². The molecule has 134 valence electrons. The molecule has 0 heterocycles. The molecular formula is C16H14N4O6. The third kappa shape index (κ3) is 4.96. The molecule has 0 saturated carbocycles. The largest absolute Gasteiger partial charge is 0.508 e. The Balaban J connectivity index is 1.88. The van der Waals surface area contributed by atoms with Crippen molar-refractivity contribution in [2.75, 3.05) is 0 Å². The summed E-state index contributed by atoms with van der Waals surface area (Å²) in [6.07, 6.45) is 2.16. The normalized spacial score (nSPS) is 10.9. The van der Waals surface area contributed by atoms with Crippen LogP contribution in [0, 0.1) is 0 Å². The molecule has 0 aromatic heterocycles. The summed E-state index contributed by atoms with van der Waals surface area (Å²) in [4.78, 5) is 23.1. The Bertz CT molecular complexity index is 821. The molecule has 0 bridgehead atoms. The molecular weight excluding hydrogens is 344 g/mol. The quantitative estimate of drug-likeness (QED) is 0.258. The van der Waals surface area contributed by atoms with E-state index in [0.29, 0.717) is 0 Å². The SMILES string of the molecule is O=C(N/N=C\c1ccc(O)cc1O)C(=O)N/N=C\c1ccc(O)cc1O. The fraction of sp³-hybridized carbons (Fsp3) is 0. The fourth-order valence-electron chi connectivity index (χ4n) is 1.70. The Kier molecular flexibility index (Phi) is 5.72. The smallest absolute Gasteiger partial charge is 0.331 e. The van der Waals surface area contributed by atoms with E-state index in [1.165, 1.54) is 24.3 Å². The molecule has 0 spiro atoms. The maximum atomic E-state index is 11.5. The number of carbonyl (C=O) groups excluding carboxylic acids is 2. The first-order chi connectivity index (χ1) is 12.4. The van der Waals surface area contributed by atoms with Crippen molar-refractivity contribution in [1.82, 2.24) is 10.9 Å². The third-order valence-corrected chi connectivity index (χ3v) is 2.97. The van der Waals surface area contributed by atoms with Crippen LogP contribution in [0.3, 0.4) is 0 Å². The van der Waals surface area contributed by atoms with E-state index in [1.807, 2.05) is 10.9 Å². The Morgan fingerprint density at radius 1 is 0.731 bits per heavy atom. The van der Waals surface area contributed by atoms with Crippen LogP contribution in [-0.2, 0) is 9.59 Å². The highest BCUT2D eigenvalue weighted by molar-refractivity contribution is 6.35. The molecule has 0 aliphatic rings. The van der Waals surface area contributed by atoms with E-state index in [-0.39, 0.29) is 34.1 Å². The van der Waals surface area contributed by atoms with Gasteiger partial charge in [-0.25, -0.2) is 10.9 Å². The van der Waals surface area contributed by atoms with Crippen molar-refractivity contribution in [3.05, 3.63) is 47.5 Å². The minimum Gasteiger partial charge on any atom is -0.508 e. The fourth-order valence-corrected chi connectivity index (χ4v) is 1.70. The summed E-state index contributed by atoms with van der Waals surface area (Å²) >= 11 is 0. The Labute approximate surface area is 146 Å². The molecule has 0 radical (unpaired) electrons. The molecule has 2 aromatic rings. The number of phenolic OH excluding ortho intramolecular Hbond substituents is 4. The van der Waals surface area contributed by atoms with E-state index in [1.54, 1.807) is 0 Å². The van der Waals surface area contributed by atoms with Crippen LogP contribution in [0.5, 0.6) is 23.0 Å². The van der Waals surface area contributed by atoms with Gasteiger partial charge in [0.05, 0.1) is 12.4 Å². The third-order valence-electron chi connectivity index (χ3n) is 2.97. The number of amides is 2. The zero-order valence-corrected chi connectivity index (χ0v) is 13.1. The standard InChI is InChI=1S/C16H14N4O6/c21-11-3-1-9(13(23)5-11)7-17-19-15(25)16(26)20-18-8-10-2-4-12(22)6-14(10)24/h1-8,21-24H,(H,19,25)(H,20,26)/b17-7-,18-8-. The summed E-state index contributed by atoms with van der Waals surface area (Å²) in [6.45, 7) is 0. The molecule has 10 nitrogen and oxygen atoms in total. The predicted octanol–water partition coefficient (Wildman–Crippen LogP) is 0.109. The maximum absolute atomic E-state index is 11.5. The lowest BCUT2D eigenvalue weighted by Crippen LogP contribution is -2.35. The molecule has 2 amide bonds. The van der Waals surface area contributed by atoms with Gasteiger partial charge in [-0.3, -0.25) is 9.59 Å². The molecule has 0 atom stereocenters. The first-order valence-electron chi connectivity index (χ1n) is 7.07. The van der Waals surface area contributed by atoms with E-state index >= 15 is 0 Å². The van der Waals surface area contributed by atoms with Crippen molar-refractivity contribution < 1.29 is 30.0 Å². The Morgan fingerprint density at radius 3 is 1.46 bits per heavy atom. The van der Waals surface area contributed by atoms with Crippen molar-refractivity contribution in [3.8, 4) is 23.0 Å². The van der Waals surface area contributed by atoms with Gasteiger partial charge < -0.3 is 20.4 Å². The lowest BCUT2D eigenvalue weighted by molar-refractivity contribution is -0.139. The van der Waals surface area contributed by atoms with Crippen molar-refractivity contribution >= 4 is 24.2 Å². The van der Waals surface area contributed by atoms with E-state index in [0.717, 1.165) is 24.6 Å². The Hall–Kier alpha value is -4.08. The van der Waals surface area contributed by atoms with Crippen LogP contribution in [0.25, 0.3) is 0 Å². The van der Waals surface area contributed by atoms with Gasteiger partial charge in [-0.2, -0.15) is 10.2 Å². The lowest BCUT2D eigenvalue weighted by atomic mass is 10.2. The van der Waals surface area contributed by atoms with Gasteiger partial charge >= 0.3 is 11.8 Å². The van der Waals surface area contributed by atoms with Crippen molar-refractivity contribution in [3.63, 3.8) is 0 Å². The number of hydrogen-bond acceptors (Lipinski definition) is 8. The lowest BCUT2D eigenvalue weighted by Gasteiger charge is -2.01. The van der Waals surface area contributed by atoms with Crippen molar-refractivity contribution in [2.24, 2.45) is 10.2 Å². The molecule has 0 aliphatic carbocycles. The predicted molar refractivity (Wildman–Crippen MR) is 91.0 cm³/mol. The second kappa shape index (κ2) is 8.15. The molecule has 6 N–H and O–H groups in total. The average Bonchev–Trinajstić information content (AvgIpc) is 2.58. The number of hydrazone groups is 2. The number of hydrogen-bond donors (Lipinski definition) is 6. The second-order valence-corrected chi connectivity index (χ2v) is 4.88. The highest BCUT2D eigenvalue weighted by atomic mass is 16.3. The summed E-state index contributed by atoms with van der Waals surface area (Å²) in [5.41, 5.74) is 4.28. The minimum atomic E-state index is -1.12. The molecule has 0 fully saturated rings. The zero-order chi connectivity index (χ0) is 19.1. The monoisotopic (exact) mass is 358 g/mol. The summed E-state index contributed by atoms with van der Waals surface area (Å²) in [7, 11) is 0. The molecule has 0 saturated heterocycles. The van der Waals surface area contributed by atoms with E-state index < -0.39 is 11.8 Å². The van der Waals surface area contributed by atoms with Gasteiger partial charge in [0.25, 0.3) is 0 Å². The molecule has 26 heavy (non-hydrogen) atoms. The van der Waals surface area contributed by atoms with Crippen LogP contribution in [-0.4, -0.2) is 44.7 Å². The molecule has 2 rings (SSSR count). The van der Waals surface area contributed by atoms with E-state index in [9.17, 15) is 19.8 Å². The van der Waals surface area contributed by atoms with Gasteiger partial charge in [0.15, 0.2) is 0 Å². The summed E-state index contributed by atoms with van der Waals surface area (Å²) < 4.78 is 0. The number of aromatic hydroxyl groups is 4. The number of nitrogens with one attached hydrogen (secondary N) is 2. The van der Waals surface area contributed by atoms with Crippen LogP contribution < -0.4 is 10.9 Å². The Morgan fingerprint density at radius 2 is 1.12 bits per heavy atom. The van der Waals surface area contributed by atoms with Crippen LogP contribution in [0.4, 0.5) is 0 Å². The molecule has 10 heteroatoms. The summed E-state index contributed by atoms with van der Waals surface area (Å²) in [6, 6.07) is 7.50. The molecule has 0 unspecified atom stereocenters. The highest BCUT2D eigenvalue weighted by Crippen LogP contribution is 2.21. The number of rotatable bonds is 4. The summed E-state index contributed by atoms with van der Waals surface area (Å²) in [5, 5.41) is 44.4. The second-order valence-electron chi connectivity index (χ2n) is 4.88. The van der Waals surface area contributed by atoms with Gasteiger partial charge in [0.1, 0.15) is 23.0 Å². The van der Waals surface area contributed by atoms with Gasteiger partial charge in [0.2, 0.25) is 0 Å². The van der Waals surface area contributed by atoms with E-state index in [2.05, 4.69) is 10.2 Å². The van der Waals surface area contributed by atoms with Crippen molar-refractivity contribution in [2.45, 2.75) is 0 Å². The highest BCUT2D eigenvalue weighted by Gasteiger charge is 2.11. The minimum absolute atomic E-state index is 0.138. The molecule has 0 aliphatic heterocycles. The topological polar surface area (TPSA) is 164 Å². The maximum Gasteiger partial charge on any atom is 0.331 e. The first kappa shape index (κ1) is 18.3. The zero-order valence-electron chi connectivity index (χ0n) is 13.1. The average molecular weight is 358 g/mol. The van der Waals surface area contributed by atoms with Gasteiger partial charge in [-0.15, -0.1) is 0 Å². The summed E-state index contributed by atoms with van der Waals surface area (Å²) in [5.74, 6) is -3.03. The van der Waals surface area contributed by atoms with Crippen molar-refractivity contribution in [1.29, 1.82) is 0 Å². The van der Waals surface area contributed by atoms with Crippen LogP contribution >= 0.6 is 0 Å². The number of nitrogens with zero attached hydrogens (tertiary/aromatic N) is 2. The number of carbonyl (C=O) groups is 2. The van der Waals surface area contributed by atoms with Crippen LogP contribution in [0.1, 0.15) is 11.1 Å². The van der Waals surface area contributed by atoms with Gasteiger partial charge in [0, 0.05) is 23.3 Å². The number of benzene rings is 2.